The van der Waals surface area contributed by atoms with Crippen LogP contribution >= 0.6 is 24.0 Å². The SMILES string of the molecule is Cc1cccc(N2CCC(NC(=NCc3nnc(C)n3C)NCC3CCCO3)CC2)n1.I. The number of guanidine groups is 1. The van der Waals surface area contributed by atoms with Gasteiger partial charge in [-0.05, 0) is 51.7 Å². The van der Waals surface area contributed by atoms with Crippen LogP contribution in [0.25, 0.3) is 0 Å². The van der Waals surface area contributed by atoms with E-state index >= 15 is 0 Å². The van der Waals surface area contributed by atoms with Crippen LogP contribution in [0.5, 0.6) is 0 Å². The molecule has 2 fully saturated rings. The van der Waals surface area contributed by atoms with Crippen molar-refractivity contribution in [2.24, 2.45) is 12.0 Å². The second kappa shape index (κ2) is 11.8. The first-order valence-electron chi connectivity index (χ1n) is 11.3. The summed E-state index contributed by atoms with van der Waals surface area (Å²) < 4.78 is 7.75. The summed E-state index contributed by atoms with van der Waals surface area (Å²) in [7, 11) is 1.97. The van der Waals surface area contributed by atoms with Crippen molar-refractivity contribution in [1.29, 1.82) is 0 Å². The number of rotatable bonds is 6. The van der Waals surface area contributed by atoms with Gasteiger partial charge in [0.2, 0.25) is 0 Å². The van der Waals surface area contributed by atoms with E-state index in [0.717, 1.165) is 81.0 Å². The van der Waals surface area contributed by atoms with Gasteiger partial charge in [0.05, 0.1) is 6.10 Å². The van der Waals surface area contributed by atoms with E-state index in [4.69, 9.17) is 9.73 Å². The van der Waals surface area contributed by atoms with Gasteiger partial charge in [-0.15, -0.1) is 34.2 Å². The van der Waals surface area contributed by atoms with Gasteiger partial charge in [0, 0.05) is 45.0 Å². The minimum absolute atomic E-state index is 0. The Bertz CT molecular complexity index is 888. The summed E-state index contributed by atoms with van der Waals surface area (Å²) >= 11 is 0. The number of aliphatic imine (C=N–C) groups is 1. The summed E-state index contributed by atoms with van der Waals surface area (Å²) in [6.07, 6.45) is 4.58. The third kappa shape index (κ3) is 6.53. The molecule has 2 aromatic heterocycles. The Hall–Kier alpha value is -1.95. The highest BCUT2D eigenvalue weighted by Crippen LogP contribution is 2.18. The number of nitrogens with one attached hydrogen (secondary N) is 2. The molecule has 0 aromatic carbocycles. The lowest BCUT2D eigenvalue weighted by Gasteiger charge is -2.34. The summed E-state index contributed by atoms with van der Waals surface area (Å²) in [4.78, 5) is 11.8. The molecule has 10 heteroatoms. The maximum absolute atomic E-state index is 5.77. The maximum Gasteiger partial charge on any atom is 0.192 e. The third-order valence-electron chi connectivity index (χ3n) is 6.12. The van der Waals surface area contributed by atoms with Crippen LogP contribution in [0.1, 0.15) is 43.0 Å². The number of hydrogen-bond acceptors (Lipinski definition) is 6. The zero-order valence-corrected chi connectivity index (χ0v) is 21.6. The fraction of sp³-hybridized carbons (Fsp3) is 0.636. The molecule has 32 heavy (non-hydrogen) atoms. The van der Waals surface area contributed by atoms with E-state index in [1.807, 2.05) is 31.5 Å². The number of ether oxygens (including phenoxy) is 1. The molecule has 2 aliphatic rings. The second-order valence-corrected chi connectivity index (χ2v) is 8.45. The Labute approximate surface area is 207 Å². The highest BCUT2D eigenvalue weighted by atomic mass is 127. The zero-order chi connectivity index (χ0) is 21.6. The molecule has 4 rings (SSSR count). The predicted molar refractivity (Wildman–Crippen MR) is 137 cm³/mol. The first kappa shape index (κ1) is 24.7. The first-order valence-corrected chi connectivity index (χ1v) is 11.3. The number of aromatic nitrogens is 4. The van der Waals surface area contributed by atoms with Gasteiger partial charge in [0.15, 0.2) is 11.8 Å². The molecular formula is C22H35IN8O. The van der Waals surface area contributed by atoms with Gasteiger partial charge in [-0.2, -0.15) is 0 Å². The molecule has 1 atom stereocenters. The molecule has 0 saturated carbocycles. The molecule has 0 radical (unpaired) electrons. The molecule has 0 spiro atoms. The Morgan fingerprint density at radius 1 is 1.19 bits per heavy atom. The van der Waals surface area contributed by atoms with Crippen LogP contribution in [0.2, 0.25) is 0 Å². The van der Waals surface area contributed by atoms with Gasteiger partial charge < -0.3 is 24.8 Å². The number of aryl methyl sites for hydroxylation is 2. The molecule has 2 aromatic rings. The van der Waals surface area contributed by atoms with Crippen LogP contribution in [0.3, 0.4) is 0 Å². The van der Waals surface area contributed by atoms with Crippen molar-refractivity contribution in [3.63, 3.8) is 0 Å². The molecular weight excluding hydrogens is 519 g/mol. The fourth-order valence-corrected chi connectivity index (χ4v) is 4.06. The number of pyridine rings is 1. The molecule has 9 nitrogen and oxygen atoms in total. The Morgan fingerprint density at radius 2 is 2.00 bits per heavy atom. The Kier molecular flexibility index (Phi) is 9.09. The van der Waals surface area contributed by atoms with Crippen LogP contribution in [-0.2, 0) is 18.3 Å². The second-order valence-electron chi connectivity index (χ2n) is 8.45. The highest BCUT2D eigenvalue weighted by Gasteiger charge is 2.22. The Balaban J connectivity index is 0.00000289. The van der Waals surface area contributed by atoms with E-state index in [2.05, 4.69) is 42.8 Å². The molecule has 0 bridgehead atoms. The van der Waals surface area contributed by atoms with Crippen molar-refractivity contribution in [1.82, 2.24) is 30.4 Å². The normalized spacial score (nSPS) is 19.7. The van der Waals surface area contributed by atoms with E-state index in [0.29, 0.717) is 12.6 Å². The van der Waals surface area contributed by atoms with E-state index in [1.54, 1.807) is 0 Å². The monoisotopic (exact) mass is 554 g/mol. The summed E-state index contributed by atoms with van der Waals surface area (Å²) in [5, 5.41) is 15.5. The standard InChI is InChI=1S/C22H34N8O.HI/c1-16-6-4-8-20(25-16)30-11-9-18(10-12-30)26-22(23-14-19-7-5-13-31-19)24-15-21-28-27-17(2)29(21)3;/h4,6,8,18-19H,5,7,9-15H2,1-3H3,(H2,23,24,26);1H. The summed E-state index contributed by atoms with van der Waals surface area (Å²) in [5.41, 5.74) is 1.06. The molecule has 0 amide bonds. The van der Waals surface area contributed by atoms with E-state index in [1.165, 1.54) is 0 Å². The van der Waals surface area contributed by atoms with Crippen LogP contribution in [0.4, 0.5) is 5.82 Å². The molecule has 2 N–H and O–H groups in total. The molecule has 2 aliphatic heterocycles. The maximum atomic E-state index is 5.77. The van der Waals surface area contributed by atoms with E-state index < -0.39 is 0 Å². The van der Waals surface area contributed by atoms with E-state index in [9.17, 15) is 0 Å². The first-order chi connectivity index (χ1) is 15.1. The Morgan fingerprint density at radius 3 is 2.66 bits per heavy atom. The number of nitrogens with zero attached hydrogens (tertiary/aromatic N) is 6. The van der Waals surface area contributed by atoms with Crippen molar-refractivity contribution in [3.8, 4) is 0 Å². The summed E-state index contributed by atoms with van der Waals surface area (Å²) in [6, 6.07) is 6.59. The summed E-state index contributed by atoms with van der Waals surface area (Å²) in [6.45, 7) is 8.08. The zero-order valence-electron chi connectivity index (χ0n) is 19.3. The highest BCUT2D eigenvalue weighted by molar-refractivity contribution is 14.0. The van der Waals surface area contributed by atoms with Gasteiger partial charge in [-0.1, -0.05) is 6.07 Å². The predicted octanol–water partition coefficient (Wildman–Crippen LogP) is 2.33. The smallest absolute Gasteiger partial charge is 0.192 e. The van der Waals surface area contributed by atoms with E-state index in [-0.39, 0.29) is 30.1 Å². The topological polar surface area (TPSA) is 92.5 Å². The number of anilines is 1. The molecule has 0 aliphatic carbocycles. The van der Waals surface area contributed by atoms with Crippen molar-refractivity contribution in [2.45, 2.75) is 58.2 Å². The van der Waals surface area contributed by atoms with Gasteiger partial charge >= 0.3 is 0 Å². The van der Waals surface area contributed by atoms with Crippen molar-refractivity contribution >= 4 is 35.8 Å². The fourth-order valence-electron chi connectivity index (χ4n) is 4.06. The quantitative estimate of drug-likeness (QED) is 0.322. The lowest BCUT2D eigenvalue weighted by atomic mass is 10.1. The molecule has 4 heterocycles. The summed E-state index contributed by atoms with van der Waals surface area (Å²) in [5.74, 6) is 3.64. The average Bonchev–Trinajstić information content (AvgIpc) is 3.41. The number of halogens is 1. The van der Waals surface area contributed by atoms with Crippen LogP contribution < -0.4 is 15.5 Å². The lowest BCUT2D eigenvalue weighted by molar-refractivity contribution is 0.113. The lowest BCUT2D eigenvalue weighted by Crippen LogP contribution is -2.50. The van der Waals surface area contributed by atoms with Gasteiger partial charge in [-0.25, -0.2) is 9.98 Å². The molecule has 1 unspecified atom stereocenters. The molecule has 176 valence electrons. The average molecular weight is 554 g/mol. The minimum atomic E-state index is 0. The van der Waals surface area contributed by atoms with Gasteiger partial charge in [0.1, 0.15) is 18.2 Å². The van der Waals surface area contributed by atoms with Crippen molar-refractivity contribution < 1.29 is 4.74 Å². The van der Waals surface area contributed by atoms with Gasteiger partial charge in [0.25, 0.3) is 0 Å². The van der Waals surface area contributed by atoms with Crippen LogP contribution in [0, 0.1) is 13.8 Å². The van der Waals surface area contributed by atoms with Crippen LogP contribution in [-0.4, -0.2) is 64.1 Å². The van der Waals surface area contributed by atoms with Crippen LogP contribution in [0.15, 0.2) is 23.2 Å². The largest absolute Gasteiger partial charge is 0.376 e. The van der Waals surface area contributed by atoms with Crippen molar-refractivity contribution in [2.75, 3.05) is 31.1 Å². The van der Waals surface area contributed by atoms with Gasteiger partial charge in [-0.3, -0.25) is 0 Å². The third-order valence-corrected chi connectivity index (χ3v) is 6.12. The minimum Gasteiger partial charge on any atom is -0.376 e. The number of hydrogen-bond donors (Lipinski definition) is 2. The van der Waals surface area contributed by atoms with Crippen molar-refractivity contribution in [3.05, 3.63) is 35.5 Å². The molecule has 2 saturated heterocycles. The number of piperidine rings is 1.